The van der Waals surface area contributed by atoms with Crippen LogP contribution < -0.4 is 10.6 Å². The number of aliphatic hydroxyl groups excluding tert-OH is 1. The molecule has 0 aromatic heterocycles. The Balaban J connectivity index is 2.59. The molecule has 0 saturated carbocycles. The van der Waals surface area contributed by atoms with E-state index in [2.05, 4.69) is 10.6 Å². The number of anilines is 1. The second-order valence-electron chi connectivity index (χ2n) is 3.92. The molecule has 0 bridgehead atoms. The number of hydrogen-bond acceptors (Lipinski definition) is 4. The molecule has 0 spiro atoms. The van der Waals surface area contributed by atoms with Crippen molar-refractivity contribution >= 4 is 23.3 Å². The van der Waals surface area contributed by atoms with E-state index in [9.17, 15) is 14.4 Å². The zero-order valence-corrected chi connectivity index (χ0v) is 10.6. The molecule has 6 heteroatoms. The first-order valence-corrected chi connectivity index (χ1v) is 5.85. The van der Waals surface area contributed by atoms with Gasteiger partial charge in [0.05, 0.1) is 0 Å². The Labute approximate surface area is 110 Å². The summed E-state index contributed by atoms with van der Waals surface area (Å²) in [5, 5.41) is 13.3. The molecular formula is C13H16N2O4. The molecule has 0 heterocycles. The van der Waals surface area contributed by atoms with Gasteiger partial charge in [0.2, 0.25) is 0 Å². The molecule has 1 aromatic carbocycles. The number of amides is 2. The van der Waals surface area contributed by atoms with Crippen LogP contribution in [0.1, 0.15) is 23.7 Å². The first kappa shape index (κ1) is 14.8. The van der Waals surface area contributed by atoms with E-state index in [1.54, 1.807) is 18.2 Å². The van der Waals surface area contributed by atoms with Crippen LogP contribution in [0, 0.1) is 0 Å². The van der Waals surface area contributed by atoms with Crippen molar-refractivity contribution in [2.75, 3.05) is 18.5 Å². The molecule has 0 atom stereocenters. The Morgan fingerprint density at radius 1 is 1.21 bits per heavy atom. The molecular weight excluding hydrogens is 248 g/mol. The number of hydrogen-bond donors (Lipinski definition) is 3. The van der Waals surface area contributed by atoms with Crippen molar-refractivity contribution in [3.63, 3.8) is 0 Å². The number of ketones is 1. The fraction of sp³-hybridized carbons (Fsp3) is 0.308. The van der Waals surface area contributed by atoms with Gasteiger partial charge in [-0.2, -0.15) is 0 Å². The van der Waals surface area contributed by atoms with E-state index in [4.69, 9.17) is 5.11 Å². The molecule has 0 aliphatic heterocycles. The maximum absolute atomic E-state index is 11.5. The highest BCUT2D eigenvalue weighted by Gasteiger charge is 2.13. The summed E-state index contributed by atoms with van der Waals surface area (Å²) < 4.78 is 0. The minimum Gasteiger partial charge on any atom is -0.396 e. The maximum atomic E-state index is 11.5. The maximum Gasteiger partial charge on any atom is 0.313 e. The van der Waals surface area contributed by atoms with Gasteiger partial charge in [0.1, 0.15) is 0 Å². The number of carbonyl (C=O) groups excluding carboxylic acids is 3. The standard InChI is InChI=1S/C13H16N2O4/c1-9(17)10-4-2-5-11(8-10)15-13(19)12(18)14-6-3-7-16/h2,4-5,8,16H,3,6-7H2,1H3,(H,14,18)(H,15,19). The van der Waals surface area contributed by atoms with Gasteiger partial charge in [-0.15, -0.1) is 0 Å². The molecule has 0 saturated heterocycles. The third kappa shape index (κ3) is 4.89. The van der Waals surface area contributed by atoms with Gasteiger partial charge in [0.25, 0.3) is 0 Å². The fourth-order valence-corrected chi connectivity index (χ4v) is 1.37. The van der Waals surface area contributed by atoms with E-state index >= 15 is 0 Å². The molecule has 0 aliphatic carbocycles. The summed E-state index contributed by atoms with van der Waals surface area (Å²) in [6, 6.07) is 6.34. The van der Waals surface area contributed by atoms with Gasteiger partial charge in [-0.05, 0) is 25.5 Å². The van der Waals surface area contributed by atoms with Crippen molar-refractivity contribution in [1.29, 1.82) is 0 Å². The highest BCUT2D eigenvalue weighted by molar-refractivity contribution is 6.39. The molecule has 0 aliphatic rings. The van der Waals surface area contributed by atoms with Crippen LogP contribution in [-0.4, -0.2) is 35.9 Å². The molecule has 0 fully saturated rings. The first-order valence-electron chi connectivity index (χ1n) is 5.85. The number of Topliss-reactive ketones (excluding diaryl/α,β-unsaturated/α-hetero) is 1. The van der Waals surface area contributed by atoms with Crippen LogP contribution in [0.3, 0.4) is 0 Å². The Morgan fingerprint density at radius 3 is 2.58 bits per heavy atom. The van der Waals surface area contributed by atoms with Crippen molar-refractivity contribution < 1.29 is 19.5 Å². The summed E-state index contributed by atoms with van der Waals surface area (Å²) in [4.78, 5) is 34.1. The van der Waals surface area contributed by atoms with E-state index in [0.717, 1.165) is 0 Å². The van der Waals surface area contributed by atoms with Crippen LogP contribution in [0.4, 0.5) is 5.69 Å². The van der Waals surface area contributed by atoms with Crippen LogP contribution in [0.25, 0.3) is 0 Å². The first-order chi connectivity index (χ1) is 9.04. The number of carbonyl (C=O) groups is 3. The molecule has 6 nitrogen and oxygen atoms in total. The van der Waals surface area contributed by atoms with E-state index in [0.29, 0.717) is 17.7 Å². The van der Waals surface area contributed by atoms with Gasteiger partial charge in [-0.25, -0.2) is 0 Å². The summed E-state index contributed by atoms with van der Waals surface area (Å²) in [7, 11) is 0. The Hall–Kier alpha value is -2.21. The lowest BCUT2D eigenvalue weighted by atomic mass is 10.1. The summed E-state index contributed by atoms with van der Waals surface area (Å²) in [5.41, 5.74) is 0.841. The van der Waals surface area contributed by atoms with Crippen LogP contribution in [0.5, 0.6) is 0 Å². The van der Waals surface area contributed by atoms with Crippen molar-refractivity contribution in [1.82, 2.24) is 5.32 Å². The predicted molar refractivity (Wildman–Crippen MR) is 69.8 cm³/mol. The normalized spacial score (nSPS) is 9.79. The van der Waals surface area contributed by atoms with Gasteiger partial charge in [0.15, 0.2) is 5.78 Å². The summed E-state index contributed by atoms with van der Waals surface area (Å²) in [5.74, 6) is -1.70. The van der Waals surface area contributed by atoms with E-state index in [1.165, 1.54) is 13.0 Å². The largest absolute Gasteiger partial charge is 0.396 e. The Kier molecular flexibility index (Phi) is 5.69. The van der Waals surface area contributed by atoms with Gasteiger partial charge in [0, 0.05) is 24.4 Å². The lowest BCUT2D eigenvalue weighted by molar-refractivity contribution is -0.136. The number of aliphatic hydroxyl groups is 1. The number of rotatable bonds is 5. The Morgan fingerprint density at radius 2 is 1.95 bits per heavy atom. The molecule has 1 aromatic rings. The molecule has 0 unspecified atom stereocenters. The van der Waals surface area contributed by atoms with Gasteiger partial charge in [-0.3, -0.25) is 14.4 Å². The fourth-order valence-electron chi connectivity index (χ4n) is 1.37. The van der Waals surface area contributed by atoms with Gasteiger partial charge in [-0.1, -0.05) is 12.1 Å². The average Bonchev–Trinajstić information content (AvgIpc) is 2.39. The minimum atomic E-state index is -0.807. The molecule has 1 rings (SSSR count). The summed E-state index contributed by atoms with van der Waals surface area (Å²) in [6.07, 6.45) is 0.388. The third-order valence-corrected chi connectivity index (χ3v) is 2.35. The molecule has 19 heavy (non-hydrogen) atoms. The zero-order valence-electron chi connectivity index (χ0n) is 10.6. The van der Waals surface area contributed by atoms with Gasteiger partial charge < -0.3 is 15.7 Å². The lowest BCUT2D eigenvalue weighted by Gasteiger charge is -2.06. The quantitative estimate of drug-likeness (QED) is 0.405. The van der Waals surface area contributed by atoms with Crippen molar-refractivity contribution in [2.45, 2.75) is 13.3 Å². The second kappa shape index (κ2) is 7.27. The zero-order chi connectivity index (χ0) is 14.3. The van der Waals surface area contributed by atoms with Gasteiger partial charge >= 0.3 is 11.8 Å². The summed E-state index contributed by atoms with van der Waals surface area (Å²) >= 11 is 0. The SMILES string of the molecule is CC(=O)c1cccc(NC(=O)C(=O)NCCCO)c1. The summed E-state index contributed by atoms with van der Waals surface area (Å²) in [6.45, 7) is 1.60. The van der Waals surface area contributed by atoms with Crippen molar-refractivity contribution in [3.05, 3.63) is 29.8 Å². The van der Waals surface area contributed by atoms with Crippen LogP contribution in [0.15, 0.2) is 24.3 Å². The second-order valence-corrected chi connectivity index (χ2v) is 3.92. The van der Waals surface area contributed by atoms with E-state index in [1.807, 2.05) is 0 Å². The molecule has 102 valence electrons. The van der Waals surface area contributed by atoms with E-state index < -0.39 is 11.8 Å². The number of nitrogens with one attached hydrogen (secondary N) is 2. The van der Waals surface area contributed by atoms with Crippen molar-refractivity contribution in [3.8, 4) is 0 Å². The average molecular weight is 264 g/mol. The third-order valence-electron chi connectivity index (χ3n) is 2.35. The van der Waals surface area contributed by atoms with Crippen LogP contribution in [0.2, 0.25) is 0 Å². The minimum absolute atomic E-state index is 0.0530. The molecule has 0 radical (unpaired) electrons. The van der Waals surface area contributed by atoms with E-state index in [-0.39, 0.29) is 18.9 Å². The molecule has 3 N–H and O–H groups in total. The number of benzene rings is 1. The Bertz CT molecular complexity index is 485. The monoisotopic (exact) mass is 264 g/mol. The highest BCUT2D eigenvalue weighted by atomic mass is 16.3. The smallest absolute Gasteiger partial charge is 0.313 e. The highest BCUT2D eigenvalue weighted by Crippen LogP contribution is 2.10. The van der Waals surface area contributed by atoms with Crippen molar-refractivity contribution in [2.24, 2.45) is 0 Å². The van der Waals surface area contributed by atoms with Crippen LogP contribution >= 0.6 is 0 Å². The lowest BCUT2D eigenvalue weighted by Crippen LogP contribution is -2.36. The predicted octanol–water partition coefficient (Wildman–Crippen LogP) is 0.326. The van der Waals surface area contributed by atoms with Crippen LogP contribution in [-0.2, 0) is 9.59 Å². The molecule has 2 amide bonds. The topological polar surface area (TPSA) is 95.5 Å².